The first-order valence-electron chi connectivity index (χ1n) is 6.67. The minimum absolute atomic E-state index is 0.119. The number of H-pyrrole nitrogens is 1. The third-order valence-corrected chi connectivity index (χ3v) is 3.63. The van der Waals surface area contributed by atoms with E-state index in [0.717, 1.165) is 5.56 Å². The molecular formula is C15H12N4O3. The molecule has 7 nitrogen and oxygen atoms in total. The molecule has 0 amide bonds. The average molecular weight is 296 g/mol. The van der Waals surface area contributed by atoms with E-state index in [0.29, 0.717) is 33.8 Å². The van der Waals surface area contributed by atoms with Crippen LogP contribution in [0, 0.1) is 0 Å². The molecule has 0 bridgehead atoms. The number of nitrogens with zero attached hydrogens (tertiary/aromatic N) is 2. The summed E-state index contributed by atoms with van der Waals surface area (Å²) in [6.07, 6.45) is 1.79. The molecule has 0 saturated carbocycles. The molecule has 22 heavy (non-hydrogen) atoms. The summed E-state index contributed by atoms with van der Waals surface area (Å²) in [5, 5.41) is 9.40. The third kappa shape index (κ3) is 1.73. The lowest BCUT2D eigenvalue weighted by molar-refractivity contribution is 0.282. The van der Waals surface area contributed by atoms with Crippen molar-refractivity contribution in [2.45, 2.75) is 6.61 Å². The van der Waals surface area contributed by atoms with Gasteiger partial charge in [0.2, 0.25) is 0 Å². The lowest BCUT2D eigenvalue weighted by Crippen LogP contribution is -1.95. The van der Waals surface area contributed by atoms with Gasteiger partial charge in [-0.2, -0.15) is 0 Å². The molecule has 110 valence electrons. The van der Waals surface area contributed by atoms with Crippen molar-refractivity contribution in [3.8, 4) is 11.3 Å². The number of aliphatic hydroxyl groups is 1. The Morgan fingerprint density at radius 3 is 3.05 bits per heavy atom. The van der Waals surface area contributed by atoms with Crippen molar-refractivity contribution >= 4 is 22.6 Å². The van der Waals surface area contributed by atoms with Crippen LogP contribution in [-0.2, 0) is 6.61 Å². The van der Waals surface area contributed by atoms with Crippen LogP contribution in [0.2, 0.25) is 0 Å². The number of aliphatic hydroxyl groups excluding tert-OH is 1. The number of anilines is 1. The van der Waals surface area contributed by atoms with E-state index in [9.17, 15) is 9.90 Å². The molecule has 0 aliphatic carbocycles. The highest BCUT2D eigenvalue weighted by molar-refractivity contribution is 5.83. The zero-order valence-electron chi connectivity index (χ0n) is 11.4. The van der Waals surface area contributed by atoms with Gasteiger partial charge in [-0.1, -0.05) is 12.1 Å². The molecule has 0 radical (unpaired) electrons. The van der Waals surface area contributed by atoms with E-state index in [1.807, 2.05) is 6.07 Å². The number of hydrogen-bond acceptors (Lipinski definition) is 5. The first-order valence-corrected chi connectivity index (χ1v) is 6.67. The van der Waals surface area contributed by atoms with E-state index in [-0.39, 0.29) is 6.61 Å². The van der Waals surface area contributed by atoms with Crippen molar-refractivity contribution in [1.29, 1.82) is 0 Å². The number of nitrogen functional groups attached to an aromatic ring is 1. The van der Waals surface area contributed by atoms with Crippen LogP contribution in [0.3, 0.4) is 0 Å². The summed E-state index contributed by atoms with van der Waals surface area (Å²) in [5.41, 5.74) is 9.83. The SMILES string of the molecule is Nc1c(-c2ccc3[nH]c(=O)oc3c2)nc2c(CO)cccn12. The zero-order chi connectivity index (χ0) is 15.3. The second-order valence-corrected chi connectivity index (χ2v) is 4.96. The van der Waals surface area contributed by atoms with Crippen LogP contribution in [0.1, 0.15) is 5.56 Å². The van der Waals surface area contributed by atoms with Crippen molar-refractivity contribution in [1.82, 2.24) is 14.4 Å². The number of imidazole rings is 1. The second kappa shape index (κ2) is 4.47. The smallest absolute Gasteiger partial charge is 0.408 e. The van der Waals surface area contributed by atoms with Gasteiger partial charge in [0.15, 0.2) is 5.58 Å². The fourth-order valence-electron chi connectivity index (χ4n) is 2.57. The fourth-order valence-corrected chi connectivity index (χ4v) is 2.57. The van der Waals surface area contributed by atoms with E-state index >= 15 is 0 Å². The Kier molecular flexibility index (Phi) is 2.57. The maximum Gasteiger partial charge on any atom is 0.417 e. The molecule has 3 aromatic heterocycles. The number of aromatic nitrogens is 3. The monoisotopic (exact) mass is 296 g/mol. The maximum absolute atomic E-state index is 11.2. The number of aromatic amines is 1. The third-order valence-electron chi connectivity index (χ3n) is 3.63. The van der Waals surface area contributed by atoms with Crippen LogP contribution in [0.4, 0.5) is 5.82 Å². The molecule has 0 aliphatic rings. The van der Waals surface area contributed by atoms with Crippen molar-refractivity contribution in [3.63, 3.8) is 0 Å². The molecule has 0 saturated heterocycles. The molecule has 0 unspecified atom stereocenters. The topological polar surface area (TPSA) is 110 Å². The van der Waals surface area contributed by atoms with Gasteiger partial charge in [-0.3, -0.25) is 9.38 Å². The molecule has 1 aromatic carbocycles. The number of fused-ring (bicyclic) bond motifs is 2. The number of pyridine rings is 1. The molecule has 0 atom stereocenters. The average Bonchev–Trinajstić information content (AvgIpc) is 3.06. The van der Waals surface area contributed by atoms with Gasteiger partial charge in [-0.05, 0) is 18.2 Å². The second-order valence-electron chi connectivity index (χ2n) is 4.96. The quantitative estimate of drug-likeness (QED) is 0.519. The van der Waals surface area contributed by atoms with Crippen molar-refractivity contribution < 1.29 is 9.52 Å². The molecule has 4 aromatic rings. The van der Waals surface area contributed by atoms with Crippen LogP contribution < -0.4 is 11.5 Å². The Labute approximate surface area is 123 Å². The minimum atomic E-state index is -0.502. The standard InChI is InChI=1S/C15H12N4O3/c16-13-12(18-14-9(7-20)2-1-5-19(13)14)8-3-4-10-11(6-8)22-15(21)17-10/h1-6,20H,7,16H2,(H,17,21). The highest BCUT2D eigenvalue weighted by Crippen LogP contribution is 2.29. The van der Waals surface area contributed by atoms with Gasteiger partial charge in [0, 0.05) is 17.3 Å². The maximum atomic E-state index is 11.2. The lowest BCUT2D eigenvalue weighted by atomic mass is 10.1. The summed E-state index contributed by atoms with van der Waals surface area (Å²) in [6, 6.07) is 8.86. The highest BCUT2D eigenvalue weighted by Gasteiger charge is 2.14. The lowest BCUT2D eigenvalue weighted by Gasteiger charge is -2.00. The summed E-state index contributed by atoms with van der Waals surface area (Å²) in [7, 11) is 0. The predicted molar refractivity (Wildman–Crippen MR) is 81.4 cm³/mol. The Morgan fingerprint density at radius 1 is 1.36 bits per heavy atom. The van der Waals surface area contributed by atoms with E-state index in [1.54, 1.807) is 34.9 Å². The van der Waals surface area contributed by atoms with Crippen molar-refractivity contribution in [2.75, 3.05) is 5.73 Å². The molecular weight excluding hydrogens is 284 g/mol. The molecule has 4 N–H and O–H groups in total. The number of rotatable bonds is 2. The van der Waals surface area contributed by atoms with Crippen LogP contribution in [0.25, 0.3) is 28.0 Å². The van der Waals surface area contributed by atoms with Crippen LogP contribution in [0.5, 0.6) is 0 Å². The number of hydrogen-bond donors (Lipinski definition) is 3. The Hall–Kier alpha value is -3.06. The summed E-state index contributed by atoms with van der Waals surface area (Å²) >= 11 is 0. The Morgan fingerprint density at radius 2 is 2.23 bits per heavy atom. The summed E-state index contributed by atoms with van der Waals surface area (Å²) in [6.45, 7) is -0.119. The normalized spacial score (nSPS) is 11.5. The number of nitrogens with two attached hydrogens (primary N) is 1. The van der Waals surface area contributed by atoms with E-state index in [2.05, 4.69) is 9.97 Å². The van der Waals surface area contributed by atoms with Gasteiger partial charge < -0.3 is 15.3 Å². The zero-order valence-corrected chi connectivity index (χ0v) is 11.4. The van der Waals surface area contributed by atoms with Crippen molar-refractivity contribution in [3.05, 3.63) is 52.6 Å². The highest BCUT2D eigenvalue weighted by atomic mass is 16.4. The van der Waals surface area contributed by atoms with Crippen molar-refractivity contribution in [2.24, 2.45) is 0 Å². The molecule has 0 spiro atoms. The first kappa shape index (κ1) is 12.7. The van der Waals surface area contributed by atoms with E-state index < -0.39 is 5.76 Å². The molecule has 3 heterocycles. The van der Waals surface area contributed by atoms with E-state index in [4.69, 9.17) is 10.2 Å². The summed E-state index contributed by atoms with van der Waals surface area (Å²) in [5.74, 6) is -0.0415. The largest absolute Gasteiger partial charge is 0.417 e. The predicted octanol–water partition coefficient (Wildman–Crippen LogP) is 1.51. The summed E-state index contributed by atoms with van der Waals surface area (Å²) in [4.78, 5) is 18.3. The number of nitrogens with one attached hydrogen (secondary N) is 1. The summed E-state index contributed by atoms with van der Waals surface area (Å²) < 4.78 is 6.78. The molecule has 0 fully saturated rings. The van der Waals surface area contributed by atoms with Gasteiger partial charge >= 0.3 is 5.76 Å². The Balaban J connectivity index is 1.99. The first-order chi connectivity index (χ1) is 10.7. The van der Waals surface area contributed by atoms with Crippen LogP contribution in [0.15, 0.2) is 45.7 Å². The van der Waals surface area contributed by atoms with Crippen LogP contribution >= 0.6 is 0 Å². The fraction of sp³-hybridized carbons (Fsp3) is 0.0667. The van der Waals surface area contributed by atoms with Gasteiger partial charge in [0.25, 0.3) is 0 Å². The minimum Gasteiger partial charge on any atom is -0.408 e. The number of benzene rings is 1. The molecule has 7 heteroatoms. The van der Waals surface area contributed by atoms with Gasteiger partial charge in [-0.25, -0.2) is 9.78 Å². The number of oxazole rings is 1. The van der Waals surface area contributed by atoms with Gasteiger partial charge in [0.05, 0.1) is 12.1 Å². The molecule has 4 rings (SSSR count). The van der Waals surface area contributed by atoms with E-state index in [1.165, 1.54) is 0 Å². The van der Waals surface area contributed by atoms with Gasteiger partial charge in [-0.15, -0.1) is 0 Å². The van der Waals surface area contributed by atoms with Gasteiger partial charge in [0.1, 0.15) is 17.2 Å². The molecule has 0 aliphatic heterocycles. The Bertz CT molecular complexity index is 1060. The van der Waals surface area contributed by atoms with Crippen LogP contribution in [-0.4, -0.2) is 19.5 Å².